The molecule has 1 N–H and O–H groups in total. The molecule has 4 aromatic rings. The van der Waals surface area contributed by atoms with Gasteiger partial charge in [0.05, 0.1) is 41.5 Å². The van der Waals surface area contributed by atoms with Gasteiger partial charge < -0.3 is 19.1 Å². The largest absolute Gasteiger partial charge is 0.478 e. The van der Waals surface area contributed by atoms with Crippen LogP contribution in [0.5, 0.6) is 5.88 Å². The van der Waals surface area contributed by atoms with Gasteiger partial charge in [-0.2, -0.15) is 13.2 Å². The molecule has 214 valence electrons. The highest BCUT2D eigenvalue weighted by Crippen LogP contribution is 2.38. The maximum absolute atomic E-state index is 13.9. The number of carboxylic acids is 1. The zero-order valence-electron chi connectivity index (χ0n) is 22.4. The Labute approximate surface area is 234 Å². The molecular formula is C30H29F3N4O4. The van der Waals surface area contributed by atoms with Crippen LogP contribution < -0.4 is 4.74 Å². The second kappa shape index (κ2) is 10.8. The molecule has 41 heavy (non-hydrogen) atoms. The summed E-state index contributed by atoms with van der Waals surface area (Å²) in [6.07, 6.45) is -3.26. The number of rotatable bonds is 8. The lowest BCUT2D eigenvalue weighted by Gasteiger charge is -2.30. The Kier molecular flexibility index (Phi) is 7.16. The van der Waals surface area contributed by atoms with Crippen LogP contribution >= 0.6 is 0 Å². The summed E-state index contributed by atoms with van der Waals surface area (Å²) in [6, 6.07) is 13.4. The predicted octanol–water partition coefficient (Wildman–Crippen LogP) is 5.38. The molecule has 0 radical (unpaired) electrons. The molecule has 0 amide bonds. The topological polar surface area (TPSA) is 89.7 Å². The first-order valence-corrected chi connectivity index (χ1v) is 13.5. The standard InChI is InChI=1S/C30H29F3N4O4/c1-18-2-4-19(5-3-18)17-41-28-23(30(31,32)33)12-20-8-10-36(15-25(20)35-28)16-27-34-24-7-6-21(29(38)39)13-26(24)37(27)14-22-9-11-40-22/h2-7,12-13,22H,8-11,14-17H2,1H3,(H,38,39)/t22-/m0/s1. The highest BCUT2D eigenvalue weighted by atomic mass is 19.4. The number of halogens is 3. The Morgan fingerprint density at radius 3 is 2.61 bits per heavy atom. The van der Waals surface area contributed by atoms with Crippen LogP contribution in [0, 0.1) is 6.92 Å². The number of pyridine rings is 1. The van der Waals surface area contributed by atoms with Gasteiger partial charge in [-0.1, -0.05) is 29.8 Å². The van der Waals surface area contributed by atoms with E-state index in [1.807, 2.05) is 35.8 Å². The minimum Gasteiger partial charge on any atom is -0.478 e. The van der Waals surface area contributed by atoms with Gasteiger partial charge in [-0.15, -0.1) is 0 Å². The second-order valence-corrected chi connectivity index (χ2v) is 10.6. The van der Waals surface area contributed by atoms with Gasteiger partial charge in [0.1, 0.15) is 18.0 Å². The van der Waals surface area contributed by atoms with E-state index >= 15 is 0 Å². The first-order chi connectivity index (χ1) is 19.6. The molecule has 2 aromatic carbocycles. The Bertz CT molecular complexity index is 1600. The van der Waals surface area contributed by atoms with Crippen molar-refractivity contribution in [2.45, 2.75) is 58.3 Å². The number of aryl methyl sites for hydroxylation is 1. The molecule has 1 saturated heterocycles. The van der Waals surface area contributed by atoms with E-state index in [4.69, 9.17) is 14.5 Å². The fourth-order valence-electron chi connectivity index (χ4n) is 5.24. The summed E-state index contributed by atoms with van der Waals surface area (Å²) in [5.41, 5.74) is 3.61. The van der Waals surface area contributed by atoms with Crippen molar-refractivity contribution in [1.82, 2.24) is 19.4 Å². The van der Waals surface area contributed by atoms with Crippen LogP contribution in [0.3, 0.4) is 0 Å². The van der Waals surface area contributed by atoms with Crippen molar-refractivity contribution in [2.75, 3.05) is 13.2 Å². The summed E-state index contributed by atoms with van der Waals surface area (Å²) < 4.78 is 55.1. The van der Waals surface area contributed by atoms with Gasteiger partial charge in [-0.3, -0.25) is 4.90 Å². The lowest BCUT2D eigenvalue weighted by atomic mass is 10.0. The van der Waals surface area contributed by atoms with E-state index in [1.54, 1.807) is 12.1 Å². The van der Waals surface area contributed by atoms with Crippen LogP contribution in [0.2, 0.25) is 0 Å². The van der Waals surface area contributed by atoms with Crippen molar-refractivity contribution >= 4 is 17.0 Å². The lowest BCUT2D eigenvalue weighted by Crippen LogP contribution is -2.34. The lowest BCUT2D eigenvalue weighted by molar-refractivity contribution is -0.139. The number of fused-ring (bicyclic) bond motifs is 2. The molecule has 11 heteroatoms. The van der Waals surface area contributed by atoms with Crippen molar-refractivity contribution in [1.29, 1.82) is 0 Å². The van der Waals surface area contributed by atoms with Gasteiger partial charge in [0.25, 0.3) is 0 Å². The molecule has 4 heterocycles. The summed E-state index contributed by atoms with van der Waals surface area (Å²) in [5.74, 6) is -0.697. The Balaban J connectivity index is 1.27. The zero-order chi connectivity index (χ0) is 28.7. The van der Waals surface area contributed by atoms with E-state index in [0.717, 1.165) is 23.4 Å². The van der Waals surface area contributed by atoms with E-state index in [1.165, 1.54) is 12.1 Å². The number of aromatic nitrogens is 3. The van der Waals surface area contributed by atoms with Gasteiger partial charge in [0.15, 0.2) is 0 Å². The van der Waals surface area contributed by atoms with Crippen molar-refractivity contribution in [2.24, 2.45) is 0 Å². The number of alkyl halides is 3. The van der Waals surface area contributed by atoms with E-state index in [9.17, 15) is 23.1 Å². The van der Waals surface area contributed by atoms with Crippen LogP contribution in [0.25, 0.3) is 11.0 Å². The minimum absolute atomic E-state index is 0.0234. The fourth-order valence-corrected chi connectivity index (χ4v) is 5.24. The molecule has 0 unspecified atom stereocenters. The minimum atomic E-state index is -4.59. The second-order valence-electron chi connectivity index (χ2n) is 10.6. The van der Waals surface area contributed by atoms with Crippen LogP contribution in [0.15, 0.2) is 48.5 Å². The molecule has 0 aliphatic carbocycles. The van der Waals surface area contributed by atoms with Crippen LogP contribution in [-0.2, 0) is 43.6 Å². The average molecular weight is 567 g/mol. The number of carboxylic acid groups (broad SMARTS) is 1. The summed E-state index contributed by atoms with van der Waals surface area (Å²) >= 11 is 0. The number of nitrogens with zero attached hydrogens (tertiary/aromatic N) is 4. The number of ether oxygens (including phenoxy) is 2. The quantitative estimate of drug-likeness (QED) is 0.306. The van der Waals surface area contributed by atoms with E-state index in [-0.39, 0.29) is 18.3 Å². The van der Waals surface area contributed by atoms with Crippen LogP contribution in [0.4, 0.5) is 13.2 Å². The Morgan fingerprint density at radius 2 is 1.93 bits per heavy atom. The van der Waals surface area contributed by atoms with Crippen LogP contribution in [-0.4, -0.2) is 49.8 Å². The summed E-state index contributed by atoms with van der Waals surface area (Å²) in [6.45, 7) is 4.43. The predicted molar refractivity (Wildman–Crippen MR) is 144 cm³/mol. The summed E-state index contributed by atoms with van der Waals surface area (Å²) in [5, 5.41) is 9.49. The average Bonchev–Trinajstić information content (AvgIpc) is 3.25. The molecule has 1 atom stereocenters. The third-order valence-electron chi connectivity index (χ3n) is 7.65. The Hall–Kier alpha value is -3.96. The summed E-state index contributed by atoms with van der Waals surface area (Å²) in [7, 11) is 0. The van der Waals surface area contributed by atoms with Gasteiger partial charge in [-0.05, 0) is 55.2 Å². The molecule has 2 aliphatic heterocycles. The number of carbonyl (C=O) groups is 1. The monoisotopic (exact) mass is 566 g/mol. The summed E-state index contributed by atoms with van der Waals surface area (Å²) in [4.78, 5) is 22.8. The van der Waals surface area contributed by atoms with Gasteiger partial charge in [0, 0.05) is 19.7 Å². The first-order valence-electron chi connectivity index (χ1n) is 13.5. The molecule has 8 nitrogen and oxygen atoms in total. The molecule has 6 rings (SSSR count). The normalized spacial score (nSPS) is 17.3. The molecule has 0 spiro atoms. The maximum Gasteiger partial charge on any atom is 0.421 e. The molecule has 2 aliphatic rings. The Morgan fingerprint density at radius 1 is 1.15 bits per heavy atom. The molecule has 1 fully saturated rings. The number of benzene rings is 2. The van der Waals surface area contributed by atoms with Crippen molar-refractivity contribution in [3.05, 3.63) is 87.9 Å². The molecular weight excluding hydrogens is 537 g/mol. The molecule has 2 aromatic heterocycles. The fraction of sp³-hybridized carbons (Fsp3) is 0.367. The van der Waals surface area contributed by atoms with Gasteiger partial charge >= 0.3 is 12.1 Å². The van der Waals surface area contributed by atoms with E-state index in [0.29, 0.717) is 61.5 Å². The number of aromatic carboxylic acids is 1. The number of hydrogen-bond donors (Lipinski definition) is 1. The zero-order valence-corrected chi connectivity index (χ0v) is 22.4. The third kappa shape index (κ3) is 5.77. The smallest absolute Gasteiger partial charge is 0.421 e. The van der Waals surface area contributed by atoms with E-state index in [2.05, 4.69) is 9.88 Å². The number of hydrogen-bond acceptors (Lipinski definition) is 6. The van der Waals surface area contributed by atoms with Gasteiger partial charge in [0.2, 0.25) is 5.88 Å². The first kappa shape index (κ1) is 27.2. The highest BCUT2D eigenvalue weighted by Gasteiger charge is 2.37. The van der Waals surface area contributed by atoms with E-state index < -0.39 is 23.6 Å². The van der Waals surface area contributed by atoms with Crippen molar-refractivity contribution in [3.8, 4) is 5.88 Å². The van der Waals surface area contributed by atoms with Crippen LogP contribution in [0.1, 0.15) is 50.6 Å². The molecule has 0 bridgehead atoms. The molecule has 0 saturated carbocycles. The number of imidazole rings is 1. The SMILES string of the molecule is Cc1ccc(COc2nc3c(cc2C(F)(F)F)CCN(Cc2nc4ccc(C(=O)O)cc4n2C[C@@H]2CCO2)C3)cc1. The van der Waals surface area contributed by atoms with Crippen molar-refractivity contribution in [3.63, 3.8) is 0 Å². The van der Waals surface area contributed by atoms with Crippen molar-refractivity contribution < 1.29 is 32.5 Å². The highest BCUT2D eigenvalue weighted by molar-refractivity contribution is 5.92. The van der Waals surface area contributed by atoms with Gasteiger partial charge in [-0.25, -0.2) is 14.8 Å². The maximum atomic E-state index is 13.9. The third-order valence-corrected chi connectivity index (χ3v) is 7.65.